The first-order valence-corrected chi connectivity index (χ1v) is 9.68. The fourth-order valence-electron chi connectivity index (χ4n) is 2.77. The van der Waals surface area contributed by atoms with Crippen molar-refractivity contribution in [3.63, 3.8) is 0 Å². The number of nitrogens with one attached hydrogen (secondary N) is 1. The van der Waals surface area contributed by atoms with E-state index in [9.17, 15) is 9.59 Å². The Morgan fingerprint density at radius 3 is 2.74 bits per heavy atom. The molecule has 1 fully saturated rings. The molecule has 0 saturated heterocycles. The Morgan fingerprint density at radius 2 is 2.07 bits per heavy atom. The van der Waals surface area contributed by atoms with E-state index in [2.05, 4.69) is 10.3 Å². The zero-order valence-electron chi connectivity index (χ0n) is 14.5. The number of ketones is 1. The van der Waals surface area contributed by atoms with Gasteiger partial charge in [0.15, 0.2) is 0 Å². The topological polar surface area (TPSA) is 90.0 Å². The molecule has 0 atom stereocenters. The lowest BCUT2D eigenvalue weighted by Gasteiger charge is -2.11. The number of imidazole rings is 1. The molecule has 8 heteroatoms. The van der Waals surface area contributed by atoms with Crippen LogP contribution in [0, 0.1) is 6.92 Å². The second kappa shape index (κ2) is 6.83. The molecule has 6 nitrogen and oxygen atoms in total. The van der Waals surface area contributed by atoms with Gasteiger partial charge in [-0.3, -0.25) is 14.2 Å². The average molecular weight is 401 g/mol. The summed E-state index contributed by atoms with van der Waals surface area (Å²) in [6, 6.07) is 9.02. The highest BCUT2D eigenvalue weighted by molar-refractivity contribution is 7.18. The summed E-state index contributed by atoms with van der Waals surface area (Å²) >= 11 is 7.11. The number of nitrogens with two attached hydrogens (primary N) is 1. The number of rotatable bonds is 5. The highest BCUT2D eigenvalue weighted by Gasteiger charge is 2.24. The third kappa shape index (κ3) is 3.61. The van der Waals surface area contributed by atoms with Gasteiger partial charge in [-0.25, -0.2) is 4.98 Å². The number of aryl methyl sites for hydroxylation is 1. The van der Waals surface area contributed by atoms with Crippen LogP contribution in [0.4, 0.5) is 5.95 Å². The molecule has 1 saturated carbocycles. The molecule has 2 heterocycles. The first-order chi connectivity index (χ1) is 12.9. The lowest BCUT2D eigenvalue weighted by molar-refractivity contribution is 0.0950. The molecule has 0 radical (unpaired) electrons. The largest absolute Gasteiger partial charge is 0.369 e. The number of carbonyl (C=O) groups excluding carboxylic acids is 2. The van der Waals surface area contributed by atoms with E-state index >= 15 is 0 Å². The van der Waals surface area contributed by atoms with Crippen LogP contribution in [0.5, 0.6) is 0 Å². The van der Waals surface area contributed by atoms with E-state index in [4.69, 9.17) is 17.3 Å². The zero-order valence-corrected chi connectivity index (χ0v) is 16.1. The van der Waals surface area contributed by atoms with Gasteiger partial charge < -0.3 is 11.1 Å². The van der Waals surface area contributed by atoms with Crippen molar-refractivity contribution in [3.8, 4) is 5.69 Å². The molecular weight excluding hydrogens is 384 g/mol. The van der Waals surface area contributed by atoms with E-state index in [0.717, 1.165) is 18.4 Å². The van der Waals surface area contributed by atoms with E-state index in [1.807, 2.05) is 13.0 Å². The summed E-state index contributed by atoms with van der Waals surface area (Å²) in [7, 11) is 0. The quantitative estimate of drug-likeness (QED) is 0.640. The van der Waals surface area contributed by atoms with Gasteiger partial charge in [0.2, 0.25) is 11.7 Å². The van der Waals surface area contributed by atoms with E-state index in [1.54, 1.807) is 35.0 Å². The third-order valence-corrected chi connectivity index (χ3v) is 5.64. The molecular formula is C19H17ClN4O2S. The van der Waals surface area contributed by atoms with Crippen LogP contribution in [0.3, 0.4) is 0 Å². The van der Waals surface area contributed by atoms with E-state index in [-0.39, 0.29) is 29.4 Å². The molecule has 1 amide bonds. The SMILES string of the molecule is Cc1ccc(C(=O)NC2CC2)cc1-n1cc(C(=O)c2ccc(Cl)s2)nc1N. The predicted molar refractivity (Wildman–Crippen MR) is 106 cm³/mol. The van der Waals surface area contributed by atoms with Crippen LogP contribution >= 0.6 is 22.9 Å². The molecule has 1 aromatic carbocycles. The second-order valence-electron chi connectivity index (χ2n) is 6.54. The summed E-state index contributed by atoms with van der Waals surface area (Å²) < 4.78 is 2.17. The summed E-state index contributed by atoms with van der Waals surface area (Å²) in [6.45, 7) is 1.91. The standard InChI is InChI=1S/C19H17ClN4O2S/c1-10-2-3-11(18(26)22-12-4-5-12)8-14(10)24-9-13(23-19(24)21)17(25)15-6-7-16(20)27-15/h2-3,6-9,12H,4-5H2,1H3,(H2,21,23)(H,22,26). The minimum absolute atomic E-state index is 0.109. The van der Waals surface area contributed by atoms with Crippen LogP contribution in [0.25, 0.3) is 5.69 Å². The number of halogens is 1. The van der Waals surface area contributed by atoms with Crippen molar-refractivity contribution < 1.29 is 9.59 Å². The van der Waals surface area contributed by atoms with E-state index in [1.165, 1.54) is 11.3 Å². The Labute approximate surface area is 165 Å². The molecule has 1 aliphatic rings. The fourth-order valence-corrected chi connectivity index (χ4v) is 3.76. The molecule has 3 aromatic rings. The maximum absolute atomic E-state index is 12.6. The van der Waals surface area contributed by atoms with Crippen molar-refractivity contribution in [3.05, 3.63) is 62.6 Å². The number of benzene rings is 1. The summed E-state index contributed by atoms with van der Waals surface area (Å²) in [5.74, 6) is -0.163. The molecule has 27 heavy (non-hydrogen) atoms. The number of hydrogen-bond donors (Lipinski definition) is 2. The van der Waals surface area contributed by atoms with Crippen molar-refractivity contribution >= 4 is 40.6 Å². The van der Waals surface area contributed by atoms with Gasteiger partial charge in [-0.05, 0) is 49.6 Å². The molecule has 138 valence electrons. The van der Waals surface area contributed by atoms with Crippen LogP contribution in [-0.4, -0.2) is 27.3 Å². The maximum atomic E-state index is 12.6. The summed E-state index contributed by atoms with van der Waals surface area (Å²) in [4.78, 5) is 29.6. The number of nitrogen functional groups attached to an aromatic ring is 1. The normalized spacial score (nSPS) is 13.6. The molecule has 0 aliphatic heterocycles. The smallest absolute Gasteiger partial charge is 0.251 e. The average Bonchev–Trinajstić information content (AvgIpc) is 3.21. The summed E-state index contributed by atoms with van der Waals surface area (Å²) in [5.41, 5.74) is 8.47. The molecule has 0 unspecified atom stereocenters. The first-order valence-electron chi connectivity index (χ1n) is 8.49. The molecule has 2 aromatic heterocycles. The van der Waals surface area contributed by atoms with Gasteiger partial charge in [-0.1, -0.05) is 17.7 Å². The zero-order chi connectivity index (χ0) is 19.1. The number of amides is 1. The highest BCUT2D eigenvalue weighted by atomic mass is 35.5. The Hall–Kier alpha value is -2.64. The minimum atomic E-state index is -0.238. The van der Waals surface area contributed by atoms with Gasteiger partial charge in [0.05, 0.1) is 14.9 Å². The molecule has 3 N–H and O–H groups in total. The van der Waals surface area contributed by atoms with Gasteiger partial charge in [0.1, 0.15) is 5.69 Å². The predicted octanol–water partition coefficient (Wildman–Crippen LogP) is 3.60. The molecule has 0 spiro atoms. The fraction of sp³-hybridized carbons (Fsp3) is 0.211. The number of thiophene rings is 1. The van der Waals surface area contributed by atoms with Crippen molar-refractivity contribution in [2.75, 3.05) is 5.73 Å². The van der Waals surface area contributed by atoms with Crippen molar-refractivity contribution in [1.29, 1.82) is 0 Å². The van der Waals surface area contributed by atoms with Gasteiger partial charge in [-0.2, -0.15) is 0 Å². The second-order valence-corrected chi connectivity index (χ2v) is 8.25. The van der Waals surface area contributed by atoms with Gasteiger partial charge in [-0.15, -0.1) is 11.3 Å². The van der Waals surface area contributed by atoms with Crippen LogP contribution < -0.4 is 11.1 Å². The van der Waals surface area contributed by atoms with Crippen LogP contribution in [0.2, 0.25) is 4.34 Å². The van der Waals surface area contributed by atoms with Crippen LogP contribution in [-0.2, 0) is 0 Å². The van der Waals surface area contributed by atoms with Crippen molar-refractivity contribution in [2.45, 2.75) is 25.8 Å². The summed E-state index contributed by atoms with van der Waals surface area (Å²) in [5, 5.41) is 2.97. The third-order valence-electron chi connectivity index (χ3n) is 4.41. The Bertz CT molecular complexity index is 1050. The number of hydrogen-bond acceptors (Lipinski definition) is 5. The van der Waals surface area contributed by atoms with Crippen molar-refractivity contribution in [2.24, 2.45) is 0 Å². The lowest BCUT2D eigenvalue weighted by Crippen LogP contribution is -2.25. The maximum Gasteiger partial charge on any atom is 0.251 e. The molecule has 1 aliphatic carbocycles. The van der Waals surface area contributed by atoms with E-state index in [0.29, 0.717) is 20.5 Å². The van der Waals surface area contributed by atoms with Crippen molar-refractivity contribution in [1.82, 2.24) is 14.9 Å². The van der Waals surface area contributed by atoms with Gasteiger partial charge in [0, 0.05) is 17.8 Å². The van der Waals surface area contributed by atoms with E-state index < -0.39 is 0 Å². The van der Waals surface area contributed by atoms with Gasteiger partial charge in [0.25, 0.3) is 5.91 Å². The van der Waals surface area contributed by atoms with Crippen LogP contribution in [0.15, 0.2) is 36.5 Å². The first kappa shape index (κ1) is 17.8. The molecule has 0 bridgehead atoms. The lowest BCUT2D eigenvalue weighted by atomic mass is 10.1. The number of aromatic nitrogens is 2. The number of nitrogens with zero attached hydrogens (tertiary/aromatic N) is 2. The van der Waals surface area contributed by atoms with Gasteiger partial charge >= 0.3 is 0 Å². The minimum Gasteiger partial charge on any atom is -0.369 e. The molecule has 4 rings (SSSR count). The summed E-state index contributed by atoms with van der Waals surface area (Å²) in [6.07, 6.45) is 3.64. The number of anilines is 1. The Kier molecular flexibility index (Phi) is 4.49. The Morgan fingerprint density at radius 1 is 1.30 bits per heavy atom. The van der Waals surface area contributed by atoms with Crippen LogP contribution in [0.1, 0.15) is 44.1 Å². The monoisotopic (exact) mass is 400 g/mol. The number of carbonyl (C=O) groups is 2. The highest BCUT2D eigenvalue weighted by Crippen LogP contribution is 2.26. The Balaban J connectivity index is 1.67.